The van der Waals surface area contributed by atoms with E-state index in [2.05, 4.69) is 23.5 Å². The maximum Gasteiger partial charge on any atom is 0.241 e. The number of nitrogens with one attached hydrogen (secondary N) is 1. The van der Waals surface area contributed by atoms with Crippen LogP contribution >= 0.6 is 0 Å². The number of likely N-dealkylation sites (tertiary alicyclic amines) is 1. The van der Waals surface area contributed by atoms with Gasteiger partial charge in [-0.25, -0.2) is 0 Å². The van der Waals surface area contributed by atoms with Gasteiger partial charge in [-0.1, -0.05) is 61.4 Å². The number of carbonyl (C=O) groups excluding carboxylic acids is 1. The highest BCUT2D eigenvalue weighted by molar-refractivity contribution is 5.84. The summed E-state index contributed by atoms with van der Waals surface area (Å²) in [6.45, 7) is 2.17. The molecule has 0 saturated carbocycles. The molecule has 0 aliphatic carbocycles. The predicted octanol–water partition coefficient (Wildman–Crippen LogP) is 4.17. The average molecular weight is 308 g/mol. The number of rotatable bonds is 4. The fourth-order valence-corrected chi connectivity index (χ4v) is 3.11. The molecule has 1 heterocycles. The van der Waals surface area contributed by atoms with Gasteiger partial charge in [-0.2, -0.15) is 0 Å². The molecule has 0 unspecified atom stereocenters. The van der Waals surface area contributed by atoms with Crippen LogP contribution in [0.25, 0.3) is 11.1 Å². The fraction of sp³-hybridized carbons (Fsp3) is 0.350. The summed E-state index contributed by atoms with van der Waals surface area (Å²) < 4.78 is 0. The second-order valence-corrected chi connectivity index (χ2v) is 6.06. The van der Waals surface area contributed by atoms with Gasteiger partial charge in [-0.05, 0) is 24.5 Å². The Hall–Kier alpha value is -2.29. The van der Waals surface area contributed by atoms with Crippen LogP contribution in [0.2, 0.25) is 0 Å². The maximum atomic E-state index is 12.4. The second kappa shape index (κ2) is 7.82. The molecule has 1 N–H and O–H groups in total. The van der Waals surface area contributed by atoms with Crippen molar-refractivity contribution < 1.29 is 4.79 Å². The van der Waals surface area contributed by atoms with Crippen LogP contribution in [-0.2, 0) is 4.79 Å². The lowest BCUT2D eigenvalue weighted by Crippen LogP contribution is -2.36. The highest BCUT2D eigenvalue weighted by Crippen LogP contribution is 2.27. The van der Waals surface area contributed by atoms with E-state index >= 15 is 0 Å². The van der Waals surface area contributed by atoms with Crippen molar-refractivity contribution in [2.75, 3.05) is 25.0 Å². The third-order valence-electron chi connectivity index (χ3n) is 4.40. The molecular formula is C20H24N2O. The van der Waals surface area contributed by atoms with Crippen LogP contribution in [0.15, 0.2) is 54.6 Å². The summed E-state index contributed by atoms with van der Waals surface area (Å²) in [7, 11) is 0. The van der Waals surface area contributed by atoms with Crippen LogP contribution in [0.3, 0.4) is 0 Å². The summed E-state index contributed by atoms with van der Waals surface area (Å²) in [6.07, 6.45) is 4.75. The Labute approximate surface area is 138 Å². The van der Waals surface area contributed by atoms with Gasteiger partial charge >= 0.3 is 0 Å². The van der Waals surface area contributed by atoms with E-state index in [1.165, 1.54) is 12.8 Å². The molecule has 3 nitrogen and oxygen atoms in total. The zero-order valence-electron chi connectivity index (χ0n) is 13.5. The lowest BCUT2D eigenvalue weighted by atomic mass is 10.0. The molecule has 1 fully saturated rings. The molecule has 0 aromatic heterocycles. The Balaban J connectivity index is 1.67. The van der Waals surface area contributed by atoms with Crippen molar-refractivity contribution >= 4 is 11.6 Å². The minimum Gasteiger partial charge on any atom is -0.376 e. The van der Waals surface area contributed by atoms with Crippen molar-refractivity contribution in [3.05, 3.63) is 54.6 Å². The maximum absolute atomic E-state index is 12.4. The van der Waals surface area contributed by atoms with Crippen LogP contribution in [-0.4, -0.2) is 30.4 Å². The normalized spacial score (nSPS) is 15.0. The van der Waals surface area contributed by atoms with E-state index in [0.29, 0.717) is 6.54 Å². The number of amides is 1. The summed E-state index contributed by atoms with van der Waals surface area (Å²) in [5.74, 6) is 0.203. The van der Waals surface area contributed by atoms with Crippen molar-refractivity contribution in [1.82, 2.24) is 4.90 Å². The zero-order valence-corrected chi connectivity index (χ0v) is 13.5. The van der Waals surface area contributed by atoms with Crippen LogP contribution in [0.1, 0.15) is 25.7 Å². The van der Waals surface area contributed by atoms with Gasteiger partial charge in [-0.3, -0.25) is 4.79 Å². The van der Waals surface area contributed by atoms with Crippen LogP contribution in [0, 0.1) is 0 Å². The van der Waals surface area contributed by atoms with E-state index in [-0.39, 0.29) is 5.91 Å². The Morgan fingerprint density at radius 3 is 2.26 bits per heavy atom. The molecule has 1 saturated heterocycles. The first-order valence-corrected chi connectivity index (χ1v) is 8.51. The molecule has 1 aliphatic rings. The molecule has 0 spiro atoms. The van der Waals surface area contributed by atoms with Crippen molar-refractivity contribution in [2.24, 2.45) is 0 Å². The Bertz CT molecular complexity index is 631. The molecular weight excluding hydrogens is 284 g/mol. The summed E-state index contributed by atoms with van der Waals surface area (Å²) in [4.78, 5) is 14.4. The molecule has 1 amide bonds. The molecule has 3 heteroatoms. The zero-order chi connectivity index (χ0) is 15.9. The summed E-state index contributed by atoms with van der Waals surface area (Å²) in [6, 6.07) is 18.4. The molecule has 1 aliphatic heterocycles. The van der Waals surface area contributed by atoms with E-state index < -0.39 is 0 Å². The molecule has 0 atom stereocenters. The number of anilines is 1. The largest absolute Gasteiger partial charge is 0.376 e. The molecule has 0 radical (unpaired) electrons. The third-order valence-corrected chi connectivity index (χ3v) is 4.40. The van der Waals surface area contributed by atoms with E-state index in [1.54, 1.807) is 0 Å². The molecule has 3 rings (SSSR count). The van der Waals surface area contributed by atoms with E-state index in [1.807, 2.05) is 41.3 Å². The lowest BCUT2D eigenvalue weighted by molar-refractivity contribution is -0.129. The predicted molar refractivity (Wildman–Crippen MR) is 95.4 cm³/mol. The number of hydrogen-bond donors (Lipinski definition) is 1. The van der Waals surface area contributed by atoms with Crippen molar-refractivity contribution in [1.29, 1.82) is 0 Å². The van der Waals surface area contributed by atoms with Crippen molar-refractivity contribution in [2.45, 2.75) is 25.7 Å². The molecule has 23 heavy (non-hydrogen) atoms. The molecule has 2 aromatic carbocycles. The first-order valence-electron chi connectivity index (χ1n) is 8.51. The van der Waals surface area contributed by atoms with Gasteiger partial charge in [0.25, 0.3) is 0 Å². The molecule has 120 valence electrons. The Kier molecular flexibility index (Phi) is 5.30. The van der Waals surface area contributed by atoms with E-state index in [0.717, 1.165) is 42.7 Å². The van der Waals surface area contributed by atoms with Gasteiger partial charge in [0.05, 0.1) is 6.54 Å². The van der Waals surface area contributed by atoms with Gasteiger partial charge in [0.2, 0.25) is 5.91 Å². The van der Waals surface area contributed by atoms with Gasteiger partial charge < -0.3 is 10.2 Å². The van der Waals surface area contributed by atoms with Crippen molar-refractivity contribution in [3.63, 3.8) is 0 Å². The second-order valence-electron chi connectivity index (χ2n) is 6.06. The van der Waals surface area contributed by atoms with Gasteiger partial charge in [0.15, 0.2) is 0 Å². The standard InChI is InChI=1S/C20H24N2O/c23-20(22-14-8-1-2-9-15-22)16-21-19-13-7-6-12-18(19)17-10-4-3-5-11-17/h3-7,10-13,21H,1-2,8-9,14-16H2. The minimum atomic E-state index is 0.203. The van der Waals surface area contributed by atoms with Crippen LogP contribution in [0.5, 0.6) is 0 Å². The van der Waals surface area contributed by atoms with Crippen LogP contribution in [0.4, 0.5) is 5.69 Å². The van der Waals surface area contributed by atoms with Crippen LogP contribution < -0.4 is 5.32 Å². The number of para-hydroxylation sites is 1. The first-order chi connectivity index (χ1) is 11.3. The SMILES string of the molecule is O=C(CNc1ccccc1-c1ccccc1)N1CCCCCC1. The smallest absolute Gasteiger partial charge is 0.241 e. The average Bonchev–Trinajstić information content (AvgIpc) is 2.90. The minimum absolute atomic E-state index is 0.203. The summed E-state index contributed by atoms with van der Waals surface area (Å²) in [5, 5.41) is 3.34. The lowest BCUT2D eigenvalue weighted by Gasteiger charge is -2.21. The summed E-state index contributed by atoms with van der Waals surface area (Å²) in [5.41, 5.74) is 3.32. The number of hydrogen-bond acceptors (Lipinski definition) is 2. The topological polar surface area (TPSA) is 32.3 Å². The van der Waals surface area contributed by atoms with E-state index in [4.69, 9.17) is 0 Å². The monoisotopic (exact) mass is 308 g/mol. The van der Waals surface area contributed by atoms with Crippen molar-refractivity contribution in [3.8, 4) is 11.1 Å². The summed E-state index contributed by atoms with van der Waals surface area (Å²) >= 11 is 0. The third kappa shape index (κ3) is 4.13. The highest BCUT2D eigenvalue weighted by atomic mass is 16.2. The van der Waals surface area contributed by atoms with Gasteiger partial charge in [0.1, 0.15) is 0 Å². The number of carbonyl (C=O) groups is 1. The highest BCUT2D eigenvalue weighted by Gasteiger charge is 2.15. The van der Waals surface area contributed by atoms with E-state index in [9.17, 15) is 4.79 Å². The first kappa shape index (κ1) is 15.6. The molecule has 2 aromatic rings. The number of nitrogens with zero attached hydrogens (tertiary/aromatic N) is 1. The number of benzene rings is 2. The van der Waals surface area contributed by atoms with Gasteiger partial charge in [0, 0.05) is 24.3 Å². The van der Waals surface area contributed by atoms with Gasteiger partial charge in [-0.15, -0.1) is 0 Å². The Morgan fingerprint density at radius 2 is 1.52 bits per heavy atom. The Morgan fingerprint density at radius 1 is 0.870 bits per heavy atom. The molecule has 0 bridgehead atoms. The fourth-order valence-electron chi connectivity index (χ4n) is 3.11. The quantitative estimate of drug-likeness (QED) is 0.919.